The van der Waals surface area contributed by atoms with Crippen molar-refractivity contribution in [3.63, 3.8) is 0 Å². The van der Waals surface area contributed by atoms with Crippen molar-refractivity contribution in [3.8, 4) is 0 Å². The maximum absolute atomic E-state index is 5.68. The highest BCUT2D eigenvalue weighted by molar-refractivity contribution is 5.23. The van der Waals surface area contributed by atoms with E-state index in [1.165, 1.54) is 0 Å². The lowest BCUT2D eigenvalue weighted by Crippen LogP contribution is -2.31. The van der Waals surface area contributed by atoms with Gasteiger partial charge in [-0.05, 0) is 26.8 Å². The zero-order valence-electron chi connectivity index (χ0n) is 13.4. The summed E-state index contributed by atoms with van der Waals surface area (Å²) in [6.45, 7) is 11.7. The van der Waals surface area contributed by atoms with Crippen LogP contribution in [0.5, 0.6) is 0 Å². The molecule has 0 saturated carbocycles. The lowest BCUT2D eigenvalue weighted by atomic mass is 10.5. The molecule has 0 aromatic carbocycles. The molecular weight excluding hydrogens is 272 g/mol. The molecule has 0 fully saturated rings. The van der Waals surface area contributed by atoms with Crippen molar-refractivity contribution < 1.29 is 13.9 Å². The number of rotatable bonds is 13. The maximum Gasteiger partial charge on any atom is 0.318 e. The third-order valence-corrected chi connectivity index (χ3v) is 2.85. The van der Waals surface area contributed by atoms with Crippen LogP contribution in [0.4, 0.5) is 6.01 Å². The largest absolute Gasteiger partial charge is 0.407 e. The normalized spacial score (nSPS) is 11.0. The molecule has 0 bridgehead atoms. The second-order valence-corrected chi connectivity index (χ2v) is 4.54. The number of aromatic nitrogens is 2. The first-order valence-electron chi connectivity index (χ1n) is 7.75. The van der Waals surface area contributed by atoms with Crippen LogP contribution < -0.4 is 10.2 Å². The molecule has 1 N–H and O–H groups in total. The Balaban J connectivity index is 2.50. The second kappa shape index (κ2) is 11.5. The van der Waals surface area contributed by atoms with Crippen molar-refractivity contribution in [2.45, 2.75) is 33.7 Å². The lowest BCUT2D eigenvalue weighted by Gasteiger charge is -2.19. The lowest BCUT2D eigenvalue weighted by molar-refractivity contribution is 0.140. The molecule has 0 aliphatic carbocycles. The van der Waals surface area contributed by atoms with E-state index in [0.717, 1.165) is 13.0 Å². The average Bonchev–Trinajstić information content (AvgIpc) is 2.95. The van der Waals surface area contributed by atoms with E-state index in [-0.39, 0.29) is 0 Å². The van der Waals surface area contributed by atoms with Gasteiger partial charge in [0.2, 0.25) is 5.89 Å². The maximum atomic E-state index is 5.68. The van der Waals surface area contributed by atoms with E-state index in [0.29, 0.717) is 58.0 Å². The minimum absolute atomic E-state index is 0.530. The Kier molecular flexibility index (Phi) is 9.77. The van der Waals surface area contributed by atoms with Gasteiger partial charge in [0.15, 0.2) is 0 Å². The Morgan fingerprint density at radius 3 is 2.29 bits per heavy atom. The van der Waals surface area contributed by atoms with Crippen LogP contribution in [0.15, 0.2) is 4.42 Å². The quantitative estimate of drug-likeness (QED) is 0.553. The summed E-state index contributed by atoms with van der Waals surface area (Å²) in [6, 6.07) is 0.530. The van der Waals surface area contributed by atoms with Crippen LogP contribution >= 0.6 is 0 Å². The average molecular weight is 300 g/mol. The van der Waals surface area contributed by atoms with Crippen LogP contribution in [0, 0.1) is 0 Å². The van der Waals surface area contributed by atoms with Crippen molar-refractivity contribution in [1.29, 1.82) is 0 Å². The first-order valence-corrected chi connectivity index (χ1v) is 7.75. The van der Waals surface area contributed by atoms with E-state index >= 15 is 0 Å². The number of anilines is 1. The molecule has 0 radical (unpaired) electrons. The van der Waals surface area contributed by atoms with Crippen LogP contribution in [-0.4, -0.2) is 56.3 Å². The fourth-order valence-corrected chi connectivity index (χ4v) is 1.76. The van der Waals surface area contributed by atoms with Crippen LogP contribution in [0.2, 0.25) is 0 Å². The minimum atomic E-state index is 0.530. The van der Waals surface area contributed by atoms with E-state index in [2.05, 4.69) is 22.4 Å². The van der Waals surface area contributed by atoms with Crippen molar-refractivity contribution in [3.05, 3.63) is 5.89 Å². The van der Waals surface area contributed by atoms with E-state index < -0.39 is 0 Å². The highest BCUT2D eigenvalue weighted by atomic mass is 16.5. The summed E-state index contributed by atoms with van der Waals surface area (Å²) >= 11 is 0. The fourth-order valence-electron chi connectivity index (χ4n) is 1.76. The van der Waals surface area contributed by atoms with E-state index in [1.54, 1.807) is 0 Å². The molecule has 0 aliphatic heterocycles. The summed E-state index contributed by atoms with van der Waals surface area (Å²) in [7, 11) is 0. The first kappa shape index (κ1) is 17.9. The molecular formula is C14H28N4O3. The SMILES string of the molecule is CCCNCc1nnc(N(CCOCC)CCOCC)o1. The van der Waals surface area contributed by atoms with Crippen molar-refractivity contribution in [1.82, 2.24) is 15.5 Å². The van der Waals surface area contributed by atoms with Gasteiger partial charge in [0, 0.05) is 26.3 Å². The standard InChI is InChI=1S/C14H28N4O3/c1-4-7-15-12-13-16-17-14(21-13)18(8-10-19-5-2)9-11-20-6-3/h15H,4-12H2,1-3H3. The van der Waals surface area contributed by atoms with E-state index in [9.17, 15) is 0 Å². The van der Waals surface area contributed by atoms with Gasteiger partial charge in [-0.2, -0.15) is 0 Å². The van der Waals surface area contributed by atoms with Crippen LogP contribution in [0.25, 0.3) is 0 Å². The van der Waals surface area contributed by atoms with E-state index in [4.69, 9.17) is 13.9 Å². The molecule has 0 aliphatic rings. The van der Waals surface area contributed by atoms with Crippen molar-refractivity contribution >= 4 is 6.01 Å². The van der Waals surface area contributed by atoms with Gasteiger partial charge in [-0.1, -0.05) is 12.0 Å². The predicted molar refractivity (Wildman–Crippen MR) is 81.5 cm³/mol. The Hall–Kier alpha value is -1.18. The zero-order valence-corrected chi connectivity index (χ0v) is 13.4. The first-order chi connectivity index (χ1) is 10.3. The van der Waals surface area contributed by atoms with Gasteiger partial charge in [0.1, 0.15) is 0 Å². The predicted octanol–water partition coefficient (Wildman–Crippen LogP) is 1.45. The van der Waals surface area contributed by atoms with Crippen LogP contribution in [0.1, 0.15) is 33.1 Å². The molecule has 0 saturated heterocycles. The Labute approximate surface area is 127 Å². The Morgan fingerprint density at radius 2 is 1.71 bits per heavy atom. The van der Waals surface area contributed by atoms with Gasteiger partial charge in [0.25, 0.3) is 0 Å². The van der Waals surface area contributed by atoms with Crippen LogP contribution in [0.3, 0.4) is 0 Å². The molecule has 1 aromatic heterocycles. The molecule has 7 nitrogen and oxygen atoms in total. The fraction of sp³-hybridized carbons (Fsp3) is 0.857. The molecule has 7 heteroatoms. The number of hydrogen-bond acceptors (Lipinski definition) is 7. The summed E-state index contributed by atoms with van der Waals surface area (Å²) in [6.07, 6.45) is 1.08. The molecule has 0 unspecified atom stereocenters. The van der Waals surface area contributed by atoms with Gasteiger partial charge < -0.3 is 24.1 Å². The zero-order chi connectivity index (χ0) is 15.3. The van der Waals surface area contributed by atoms with Gasteiger partial charge in [-0.15, -0.1) is 5.10 Å². The molecule has 21 heavy (non-hydrogen) atoms. The van der Waals surface area contributed by atoms with Gasteiger partial charge >= 0.3 is 6.01 Å². The molecule has 1 rings (SSSR count). The van der Waals surface area contributed by atoms with Gasteiger partial charge in [-0.25, -0.2) is 0 Å². The summed E-state index contributed by atoms with van der Waals surface area (Å²) < 4.78 is 16.5. The molecule has 1 aromatic rings. The summed E-state index contributed by atoms with van der Waals surface area (Å²) in [5.41, 5.74) is 0. The second-order valence-electron chi connectivity index (χ2n) is 4.54. The molecule has 0 atom stereocenters. The van der Waals surface area contributed by atoms with Gasteiger partial charge in [-0.3, -0.25) is 0 Å². The van der Waals surface area contributed by atoms with Crippen LogP contribution in [-0.2, 0) is 16.0 Å². The number of nitrogens with zero attached hydrogens (tertiary/aromatic N) is 3. The Bertz CT molecular complexity index is 350. The summed E-state index contributed by atoms with van der Waals surface area (Å²) in [5, 5.41) is 11.4. The molecule has 1 heterocycles. The third kappa shape index (κ3) is 7.40. The number of nitrogens with one attached hydrogen (secondary N) is 1. The molecule has 0 spiro atoms. The number of hydrogen-bond donors (Lipinski definition) is 1. The molecule has 122 valence electrons. The third-order valence-electron chi connectivity index (χ3n) is 2.85. The molecule has 0 amide bonds. The Morgan fingerprint density at radius 1 is 1.05 bits per heavy atom. The van der Waals surface area contributed by atoms with Gasteiger partial charge in [0.05, 0.1) is 19.8 Å². The van der Waals surface area contributed by atoms with Crippen molar-refractivity contribution in [2.24, 2.45) is 0 Å². The van der Waals surface area contributed by atoms with Crippen molar-refractivity contribution in [2.75, 3.05) is 51.0 Å². The smallest absolute Gasteiger partial charge is 0.318 e. The highest BCUT2D eigenvalue weighted by Crippen LogP contribution is 2.11. The summed E-state index contributed by atoms with van der Waals surface area (Å²) in [4.78, 5) is 2.00. The van der Waals surface area contributed by atoms with E-state index in [1.807, 2.05) is 18.7 Å². The highest BCUT2D eigenvalue weighted by Gasteiger charge is 2.14. The monoisotopic (exact) mass is 300 g/mol. The minimum Gasteiger partial charge on any atom is -0.407 e. The summed E-state index contributed by atoms with van der Waals surface area (Å²) in [5.74, 6) is 0.608. The number of ether oxygens (including phenoxy) is 2. The topological polar surface area (TPSA) is 72.7 Å².